The normalized spacial score (nSPS) is 15.5. The van der Waals surface area contributed by atoms with Crippen LogP contribution in [0.15, 0.2) is 24.3 Å². The highest BCUT2D eigenvalue weighted by Gasteiger charge is 2.25. The number of benzene rings is 1. The lowest BCUT2D eigenvalue weighted by Gasteiger charge is -2.27. The summed E-state index contributed by atoms with van der Waals surface area (Å²) < 4.78 is 0. The third-order valence-electron chi connectivity index (χ3n) is 3.42. The summed E-state index contributed by atoms with van der Waals surface area (Å²) in [6, 6.07) is 10.2. The molecule has 2 heteroatoms. The summed E-state index contributed by atoms with van der Waals surface area (Å²) in [5, 5.41) is 0. The molecule has 0 saturated carbocycles. The molecule has 1 aliphatic carbocycles. The van der Waals surface area contributed by atoms with Crippen molar-refractivity contribution in [1.29, 1.82) is 0 Å². The lowest BCUT2D eigenvalue weighted by Crippen LogP contribution is -2.37. The average Bonchev–Trinajstić information content (AvgIpc) is 2.59. The Bertz CT molecular complexity index is 297. The molecule has 1 aromatic rings. The van der Waals surface area contributed by atoms with Gasteiger partial charge in [-0.3, -0.25) is 0 Å². The largest absolute Gasteiger partial charge is 0.300 e. The molecule has 0 spiro atoms. The van der Waals surface area contributed by atoms with Crippen LogP contribution in [0.3, 0.4) is 0 Å². The zero-order valence-corrected chi connectivity index (χ0v) is 10.6. The summed E-state index contributed by atoms with van der Waals surface area (Å²) in [6.07, 6.45) is 2.45. The third-order valence-corrected chi connectivity index (χ3v) is 3.42. The summed E-state index contributed by atoms with van der Waals surface area (Å²) >= 11 is 0. The van der Waals surface area contributed by atoms with Crippen molar-refractivity contribution < 1.29 is 0 Å². The molecule has 0 fully saturated rings. The Hall–Kier alpha value is -0.530. The predicted octanol–water partition coefficient (Wildman–Crippen LogP) is 2.92. The maximum absolute atomic E-state index is 2.49. The van der Waals surface area contributed by atoms with E-state index in [-0.39, 0.29) is 12.4 Å². The number of hydrogen-bond acceptors (Lipinski definition) is 1. The molecule has 0 N–H and O–H groups in total. The minimum absolute atomic E-state index is 0. The Kier molecular flexibility index (Phi) is 4.18. The first-order valence-electron chi connectivity index (χ1n) is 5.47. The summed E-state index contributed by atoms with van der Waals surface area (Å²) in [4.78, 5) is 2.49. The molecule has 0 radical (unpaired) electrons. The molecule has 1 aromatic carbocycles. The summed E-state index contributed by atoms with van der Waals surface area (Å²) in [5.41, 5.74) is 3.09. The van der Waals surface area contributed by atoms with Crippen molar-refractivity contribution in [2.45, 2.75) is 38.8 Å². The second-order valence-electron chi connectivity index (χ2n) is 4.59. The van der Waals surface area contributed by atoms with Crippen LogP contribution in [0.4, 0.5) is 0 Å². The molecular weight excluding hydrogens is 206 g/mol. The number of halogens is 1. The zero-order valence-electron chi connectivity index (χ0n) is 9.73. The first-order chi connectivity index (χ1) is 6.68. The number of fused-ring (bicyclic) bond motifs is 1. The van der Waals surface area contributed by atoms with Gasteiger partial charge in [0.2, 0.25) is 0 Å². The molecule has 0 unspecified atom stereocenters. The van der Waals surface area contributed by atoms with E-state index in [1.54, 1.807) is 11.1 Å². The summed E-state index contributed by atoms with van der Waals surface area (Å²) in [6.45, 7) is 4.53. The van der Waals surface area contributed by atoms with E-state index in [0.29, 0.717) is 12.1 Å². The highest BCUT2D eigenvalue weighted by atomic mass is 35.5. The van der Waals surface area contributed by atoms with Crippen molar-refractivity contribution >= 4 is 12.4 Å². The molecule has 2 rings (SSSR count). The van der Waals surface area contributed by atoms with Gasteiger partial charge in [0.05, 0.1) is 0 Å². The second kappa shape index (κ2) is 5.00. The maximum Gasteiger partial charge on any atom is 0.0176 e. The molecule has 0 saturated heterocycles. The molecule has 0 heterocycles. The van der Waals surface area contributed by atoms with Gasteiger partial charge >= 0.3 is 0 Å². The lowest BCUT2D eigenvalue weighted by molar-refractivity contribution is 0.201. The highest BCUT2D eigenvalue weighted by Crippen LogP contribution is 2.25. The van der Waals surface area contributed by atoms with E-state index >= 15 is 0 Å². The van der Waals surface area contributed by atoms with Gasteiger partial charge in [0, 0.05) is 12.1 Å². The van der Waals surface area contributed by atoms with Crippen LogP contribution >= 0.6 is 12.4 Å². The van der Waals surface area contributed by atoms with E-state index in [1.807, 2.05) is 0 Å². The van der Waals surface area contributed by atoms with Crippen LogP contribution in [0.2, 0.25) is 0 Å². The van der Waals surface area contributed by atoms with Crippen molar-refractivity contribution in [3.8, 4) is 0 Å². The fraction of sp³-hybridized carbons (Fsp3) is 0.538. The van der Waals surface area contributed by atoms with Crippen molar-refractivity contribution in [2.24, 2.45) is 0 Å². The van der Waals surface area contributed by atoms with Crippen molar-refractivity contribution in [1.82, 2.24) is 4.90 Å². The van der Waals surface area contributed by atoms with Gasteiger partial charge in [-0.15, -0.1) is 12.4 Å². The van der Waals surface area contributed by atoms with Crippen LogP contribution in [-0.4, -0.2) is 24.0 Å². The van der Waals surface area contributed by atoms with E-state index in [4.69, 9.17) is 0 Å². The quantitative estimate of drug-likeness (QED) is 0.748. The van der Waals surface area contributed by atoms with Gasteiger partial charge in [-0.25, -0.2) is 0 Å². The minimum atomic E-state index is 0. The Morgan fingerprint density at radius 2 is 1.60 bits per heavy atom. The highest BCUT2D eigenvalue weighted by molar-refractivity contribution is 5.85. The van der Waals surface area contributed by atoms with Crippen LogP contribution in [-0.2, 0) is 12.8 Å². The Labute approximate surface area is 98.9 Å². The molecule has 15 heavy (non-hydrogen) atoms. The van der Waals surface area contributed by atoms with E-state index in [1.165, 1.54) is 12.8 Å². The molecule has 84 valence electrons. The van der Waals surface area contributed by atoms with E-state index < -0.39 is 0 Å². The zero-order chi connectivity index (χ0) is 10.1. The molecule has 0 amide bonds. The summed E-state index contributed by atoms with van der Waals surface area (Å²) in [5.74, 6) is 0. The van der Waals surface area contributed by atoms with Gasteiger partial charge in [0.1, 0.15) is 0 Å². The fourth-order valence-electron chi connectivity index (χ4n) is 2.25. The van der Waals surface area contributed by atoms with Gasteiger partial charge in [0.25, 0.3) is 0 Å². The van der Waals surface area contributed by atoms with Crippen molar-refractivity contribution in [3.05, 3.63) is 35.4 Å². The van der Waals surface area contributed by atoms with Crippen LogP contribution in [0.1, 0.15) is 25.0 Å². The Morgan fingerprint density at radius 1 is 1.13 bits per heavy atom. The first-order valence-corrected chi connectivity index (χ1v) is 5.47. The SMILES string of the molecule is CC(C)N(C)C1Cc2ccccc2C1.Cl. The predicted molar refractivity (Wildman–Crippen MR) is 67.8 cm³/mol. The molecule has 0 aliphatic heterocycles. The second-order valence-corrected chi connectivity index (χ2v) is 4.59. The van der Waals surface area contributed by atoms with Gasteiger partial charge < -0.3 is 4.90 Å². The maximum atomic E-state index is 2.49. The smallest absolute Gasteiger partial charge is 0.0176 e. The van der Waals surface area contributed by atoms with Crippen molar-refractivity contribution in [3.63, 3.8) is 0 Å². The van der Waals surface area contributed by atoms with Gasteiger partial charge in [0.15, 0.2) is 0 Å². The average molecular weight is 226 g/mol. The molecule has 0 aromatic heterocycles. The Balaban J connectivity index is 0.00000112. The first kappa shape index (κ1) is 12.5. The number of rotatable bonds is 2. The van der Waals surface area contributed by atoms with Gasteiger partial charge in [-0.1, -0.05) is 24.3 Å². The van der Waals surface area contributed by atoms with E-state index in [0.717, 1.165) is 0 Å². The van der Waals surface area contributed by atoms with Crippen LogP contribution < -0.4 is 0 Å². The lowest BCUT2D eigenvalue weighted by atomic mass is 10.1. The topological polar surface area (TPSA) is 3.24 Å². The molecular formula is C13H20ClN. The van der Waals surface area contributed by atoms with Crippen LogP contribution in [0, 0.1) is 0 Å². The fourth-order valence-corrected chi connectivity index (χ4v) is 2.25. The molecule has 1 aliphatic rings. The van der Waals surface area contributed by atoms with Gasteiger partial charge in [-0.05, 0) is 44.9 Å². The van der Waals surface area contributed by atoms with Crippen LogP contribution in [0.5, 0.6) is 0 Å². The minimum Gasteiger partial charge on any atom is -0.300 e. The van der Waals surface area contributed by atoms with E-state index in [2.05, 4.69) is 50.1 Å². The van der Waals surface area contributed by atoms with Gasteiger partial charge in [-0.2, -0.15) is 0 Å². The summed E-state index contributed by atoms with van der Waals surface area (Å²) in [7, 11) is 2.24. The Morgan fingerprint density at radius 3 is 2.00 bits per heavy atom. The molecule has 1 nitrogen and oxygen atoms in total. The van der Waals surface area contributed by atoms with Crippen LogP contribution in [0.25, 0.3) is 0 Å². The standard InChI is InChI=1S/C13H19N.ClH/c1-10(2)14(3)13-8-11-6-4-5-7-12(11)9-13;/h4-7,10,13H,8-9H2,1-3H3;1H. The number of hydrogen-bond donors (Lipinski definition) is 0. The number of likely N-dealkylation sites (N-methyl/N-ethyl adjacent to an activating group) is 1. The third kappa shape index (κ3) is 2.53. The van der Waals surface area contributed by atoms with E-state index in [9.17, 15) is 0 Å². The van der Waals surface area contributed by atoms with Crippen molar-refractivity contribution in [2.75, 3.05) is 7.05 Å². The monoisotopic (exact) mass is 225 g/mol. The molecule has 0 bridgehead atoms. The molecule has 0 atom stereocenters. The number of nitrogens with zero attached hydrogens (tertiary/aromatic N) is 1.